The van der Waals surface area contributed by atoms with Crippen molar-refractivity contribution in [3.8, 4) is 11.1 Å². The van der Waals surface area contributed by atoms with Gasteiger partial charge in [-0.25, -0.2) is 0 Å². The highest BCUT2D eigenvalue weighted by molar-refractivity contribution is 7.25. The molecule has 59 heavy (non-hydrogen) atoms. The van der Waals surface area contributed by atoms with Gasteiger partial charge in [0.05, 0.1) is 11.1 Å². The van der Waals surface area contributed by atoms with Crippen molar-refractivity contribution in [3.05, 3.63) is 252 Å². The standard InChI is InChI=1S/C55H39NO2S/c1-2-35(36-29-30-42-41-22-9-13-28-52(41)59-53(42)32-36)16-15-31-56(37-17-4-3-5-18-37)48-26-14-27-49-54(48)58-50-33-43-40-21-8-12-25-46(40)55(47(43)34-51(50)57-49)44-23-10-6-19-38(44)39-20-7-11-24-45(39)55/h2-34,43,47,49,54H,1H2/b31-15+,35-16+/t43?,47-,49-,54?/m1/s1. The Morgan fingerprint density at radius 3 is 2.19 bits per heavy atom. The number of anilines is 1. The summed E-state index contributed by atoms with van der Waals surface area (Å²) in [6.07, 6.45) is 18.8. The molecule has 282 valence electrons. The summed E-state index contributed by atoms with van der Waals surface area (Å²) in [6.45, 7) is 4.20. The largest absolute Gasteiger partial charge is 0.478 e. The number of allylic oxidation sites excluding steroid dienone is 8. The van der Waals surface area contributed by atoms with Crippen molar-refractivity contribution in [2.75, 3.05) is 4.90 Å². The highest BCUT2D eigenvalue weighted by Gasteiger charge is 2.58. The molecule has 2 heterocycles. The number of para-hydroxylation sites is 1. The van der Waals surface area contributed by atoms with Gasteiger partial charge in [-0.3, -0.25) is 0 Å². The van der Waals surface area contributed by atoms with Crippen LogP contribution in [-0.2, 0) is 14.9 Å². The van der Waals surface area contributed by atoms with E-state index in [1.165, 1.54) is 53.6 Å². The number of rotatable bonds is 6. The predicted octanol–water partition coefficient (Wildman–Crippen LogP) is 13.4. The van der Waals surface area contributed by atoms with Crippen LogP contribution in [0.4, 0.5) is 5.69 Å². The van der Waals surface area contributed by atoms with Gasteiger partial charge in [0.2, 0.25) is 0 Å². The van der Waals surface area contributed by atoms with E-state index in [2.05, 4.69) is 206 Å². The Balaban J connectivity index is 0.900. The van der Waals surface area contributed by atoms with E-state index in [0.29, 0.717) is 0 Å². The normalized spacial score (nSPS) is 21.6. The molecule has 3 nitrogen and oxygen atoms in total. The van der Waals surface area contributed by atoms with Crippen LogP contribution in [0, 0.1) is 5.92 Å². The molecule has 0 saturated carbocycles. The van der Waals surface area contributed by atoms with Crippen LogP contribution in [-0.4, -0.2) is 12.2 Å². The number of hydrogen-bond donors (Lipinski definition) is 0. The fourth-order valence-corrected chi connectivity index (χ4v) is 11.6. The third kappa shape index (κ3) is 5.06. The van der Waals surface area contributed by atoms with E-state index in [0.717, 1.165) is 34.0 Å². The van der Waals surface area contributed by atoms with Crippen molar-refractivity contribution < 1.29 is 9.47 Å². The SMILES string of the molecule is C=C/C(=C\C=C\N(C1=CC=C[C@H]2OC3=C[C@@H]4C(C=C3OC12)c1ccccc1C41c2ccccc2-c2ccccc21)c1ccccc1)c1ccc2c(c1)sc1ccccc12. The van der Waals surface area contributed by atoms with Crippen LogP contribution >= 0.6 is 11.3 Å². The van der Waals surface area contributed by atoms with E-state index in [1.807, 2.05) is 17.4 Å². The molecule has 6 aromatic carbocycles. The predicted molar refractivity (Wildman–Crippen MR) is 243 cm³/mol. The van der Waals surface area contributed by atoms with Gasteiger partial charge in [-0.15, -0.1) is 11.3 Å². The van der Waals surface area contributed by atoms with Gasteiger partial charge in [0, 0.05) is 43.9 Å². The van der Waals surface area contributed by atoms with E-state index in [1.54, 1.807) is 0 Å². The zero-order chi connectivity index (χ0) is 39.1. The van der Waals surface area contributed by atoms with Gasteiger partial charge in [-0.2, -0.15) is 0 Å². The summed E-state index contributed by atoms with van der Waals surface area (Å²) < 4.78 is 16.8. The van der Waals surface area contributed by atoms with Crippen LogP contribution < -0.4 is 4.90 Å². The third-order valence-corrected chi connectivity index (χ3v) is 14.1. The van der Waals surface area contributed by atoms with Crippen molar-refractivity contribution in [2.45, 2.75) is 23.5 Å². The van der Waals surface area contributed by atoms with Gasteiger partial charge in [-0.1, -0.05) is 146 Å². The number of thiophene rings is 1. The van der Waals surface area contributed by atoms with Crippen molar-refractivity contribution in [3.63, 3.8) is 0 Å². The first kappa shape index (κ1) is 34.2. The second kappa shape index (κ2) is 13.3. The summed E-state index contributed by atoms with van der Waals surface area (Å²) in [4.78, 5) is 2.23. The molecule has 1 spiro atoms. The highest BCUT2D eigenvalue weighted by Crippen LogP contribution is 2.66. The minimum absolute atomic E-state index is 0.121. The van der Waals surface area contributed by atoms with Crippen molar-refractivity contribution >= 4 is 42.8 Å². The van der Waals surface area contributed by atoms with Gasteiger partial charge in [0.1, 0.15) is 0 Å². The monoisotopic (exact) mass is 777 g/mol. The number of ether oxygens (including phenoxy) is 2. The van der Waals surface area contributed by atoms with E-state index in [9.17, 15) is 0 Å². The molecule has 5 aliphatic rings. The van der Waals surface area contributed by atoms with Crippen molar-refractivity contribution in [1.82, 2.24) is 0 Å². The average Bonchev–Trinajstić information content (AvgIpc) is 3.91. The Hall–Kier alpha value is -6.88. The topological polar surface area (TPSA) is 21.7 Å². The van der Waals surface area contributed by atoms with Crippen LogP contribution in [0.5, 0.6) is 0 Å². The highest BCUT2D eigenvalue weighted by atomic mass is 32.1. The molecule has 12 rings (SSSR count). The van der Waals surface area contributed by atoms with Crippen LogP contribution in [0.25, 0.3) is 36.9 Å². The summed E-state index contributed by atoms with van der Waals surface area (Å²) in [5.74, 6) is 1.88. The molecule has 0 N–H and O–H groups in total. The molecule has 4 atom stereocenters. The Morgan fingerprint density at radius 1 is 0.678 bits per heavy atom. The maximum atomic E-state index is 7.15. The zero-order valence-corrected chi connectivity index (χ0v) is 33.1. The Labute approximate surface area is 348 Å². The summed E-state index contributed by atoms with van der Waals surface area (Å²) in [7, 11) is 0. The quantitative estimate of drug-likeness (QED) is 0.157. The molecule has 1 fully saturated rings. The molecule has 1 saturated heterocycles. The lowest BCUT2D eigenvalue weighted by atomic mass is 9.65. The lowest BCUT2D eigenvalue weighted by Crippen LogP contribution is -2.43. The molecule has 0 radical (unpaired) electrons. The lowest BCUT2D eigenvalue weighted by Gasteiger charge is -2.43. The van der Waals surface area contributed by atoms with E-state index >= 15 is 0 Å². The summed E-state index contributed by atoms with van der Waals surface area (Å²) >= 11 is 1.83. The fraction of sp³-hybridized carbons (Fsp3) is 0.0909. The first-order valence-electron chi connectivity index (χ1n) is 20.4. The van der Waals surface area contributed by atoms with Gasteiger partial charge >= 0.3 is 0 Å². The van der Waals surface area contributed by atoms with Gasteiger partial charge < -0.3 is 14.4 Å². The smallest absolute Gasteiger partial charge is 0.179 e. The number of fused-ring (bicyclic) bond motifs is 15. The lowest BCUT2D eigenvalue weighted by molar-refractivity contribution is -0.0317. The fourth-order valence-electron chi connectivity index (χ4n) is 10.5. The molecule has 0 amide bonds. The molecule has 1 aliphatic heterocycles. The zero-order valence-electron chi connectivity index (χ0n) is 32.2. The Morgan fingerprint density at radius 2 is 1.37 bits per heavy atom. The van der Waals surface area contributed by atoms with Crippen LogP contribution in [0.3, 0.4) is 0 Å². The van der Waals surface area contributed by atoms with Crippen LogP contribution in [0.2, 0.25) is 0 Å². The van der Waals surface area contributed by atoms with Crippen LogP contribution in [0.1, 0.15) is 33.7 Å². The molecule has 7 aromatic rings. The minimum Gasteiger partial charge on any atom is -0.478 e. The van der Waals surface area contributed by atoms with E-state index in [4.69, 9.17) is 9.47 Å². The van der Waals surface area contributed by atoms with Gasteiger partial charge in [-0.05, 0) is 99.2 Å². The van der Waals surface area contributed by atoms with Gasteiger partial charge in [0.15, 0.2) is 23.7 Å². The molecule has 0 bridgehead atoms. The second-order valence-electron chi connectivity index (χ2n) is 15.9. The van der Waals surface area contributed by atoms with Crippen LogP contribution in [0.15, 0.2) is 224 Å². The number of benzene rings is 6. The molecule has 4 heteroatoms. The number of nitrogens with zero attached hydrogens (tertiary/aromatic N) is 1. The minimum atomic E-state index is -0.360. The van der Waals surface area contributed by atoms with Crippen molar-refractivity contribution in [2.24, 2.45) is 5.92 Å². The molecule has 1 aromatic heterocycles. The molecule has 4 aliphatic carbocycles. The Bertz CT molecular complexity index is 3020. The summed E-state index contributed by atoms with van der Waals surface area (Å²) in [5.41, 5.74) is 12.0. The maximum absolute atomic E-state index is 7.15. The summed E-state index contributed by atoms with van der Waals surface area (Å²) in [5, 5.41) is 2.59. The number of hydrogen-bond acceptors (Lipinski definition) is 4. The third-order valence-electron chi connectivity index (χ3n) is 13.0. The van der Waals surface area contributed by atoms with Gasteiger partial charge in [0.25, 0.3) is 0 Å². The molecule has 2 unspecified atom stereocenters. The Kier molecular flexibility index (Phi) is 7.73. The van der Waals surface area contributed by atoms with E-state index in [-0.39, 0.29) is 29.5 Å². The molecular formula is C55H39NO2S. The van der Waals surface area contributed by atoms with Crippen molar-refractivity contribution in [1.29, 1.82) is 0 Å². The first-order chi connectivity index (χ1) is 29.2. The maximum Gasteiger partial charge on any atom is 0.179 e. The molecular weight excluding hydrogens is 739 g/mol. The average molecular weight is 778 g/mol. The summed E-state index contributed by atoms with van der Waals surface area (Å²) in [6, 6.07) is 52.8. The van der Waals surface area contributed by atoms with E-state index < -0.39 is 0 Å². The first-order valence-corrected chi connectivity index (χ1v) is 21.2. The second-order valence-corrected chi connectivity index (χ2v) is 17.0.